The summed E-state index contributed by atoms with van der Waals surface area (Å²) in [4.78, 5) is 0. The molecule has 1 aromatic carbocycles. The van der Waals surface area contributed by atoms with Crippen LogP contribution in [-0.4, -0.2) is 0 Å². The van der Waals surface area contributed by atoms with E-state index in [-0.39, 0.29) is 5.41 Å². The van der Waals surface area contributed by atoms with Crippen LogP contribution in [0.3, 0.4) is 0 Å². The van der Waals surface area contributed by atoms with Crippen LogP contribution in [0.5, 0.6) is 0 Å². The van der Waals surface area contributed by atoms with Gasteiger partial charge in [0.05, 0.1) is 0 Å². The van der Waals surface area contributed by atoms with E-state index < -0.39 is 0 Å². The largest absolute Gasteiger partial charge is 0.102 e. The van der Waals surface area contributed by atoms with E-state index in [0.29, 0.717) is 5.92 Å². The van der Waals surface area contributed by atoms with Crippen LogP contribution in [0.15, 0.2) is 36.9 Å². The predicted octanol–water partition coefficient (Wildman–Crippen LogP) is 4.27. The molecule has 1 aromatic rings. The highest BCUT2D eigenvalue weighted by Gasteiger charge is 2.14. The average molecular weight is 188 g/mol. The van der Waals surface area contributed by atoms with Crippen LogP contribution >= 0.6 is 0 Å². The minimum Gasteiger partial charge on any atom is -0.102 e. The molecular formula is C14H20. The lowest BCUT2D eigenvalue weighted by Crippen LogP contribution is -2.11. The molecule has 0 aliphatic rings. The predicted molar refractivity (Wildman–Crippen MR) is 63.8 cm³/mol. The SMILES string of the molecule is C=CC(C)c1cccc(C(C)(C)C)c1. The summed E-state index contributed by atoms with van der Waals surface area (Å²) in [5.74, 6) is 0.442. The third kappa shape index (κ3) is 2.47. The number of rotatable bonds is 2. The van der Waals surface area contributed by atoms with Gasteiger partial charge in [-0.05, 0) is 22.5 Å². The maximum atomic E-state index is 3.83. The second-order valence-corrected chi connectivity index (χ2v) is 4.90. The highest BCUT2D eigenvalue weighted by atomic mass is 14.2. The molecule has 1 unspecified atom stereocenters. The minimum absolute atomic E-state index is 0.233. The number of hydrogen-bond acceptors (Lipinski definition) is 0. The molecule has 0 spiro atoms. The van der Waals surface area contributed by atoms with Gasteiger partial charge in [0.2, 0.25) is 0 Å². The zero-order valence-corrected chi connectivity index (χ0v) is 9.67. The molecule has 0 amide bonds. The van der Waals surface area contributed by atoms with Crippen LogP contribution in [0.25, 0.3) is 0 Å². The summed E-state index contributed by atoms with van der Waals surface area (Å²) in [6.07, 6.45) is 1.99. The quantitative estimate of drug-likeness (QED) is 0.608. The van der Waals surface area contributed by atoms with Crippen LogP contribution in [0.2, 0.25) is 0 Å². The Balaban J connectivity index is 3.07. The summed E-state index contributed by atoms with van der Waals surface area (Å²) in [6.45, 7) is 12.7. The number of allylic oxidation sites excluding steroid dienone is 1. The molecule has 0 bridgehead atoms. The Morgan fingerprint density at radius 3 is 2.43 bits per heavy atom. The van der Waals surface area contributed by atoms with Gasteiger partial charge < -0.3 is 0 Å². The van der Waals surface area contributed by atoms with Gasteiger partial charge in [0.1, 0.15) is 0 Å². The van der Waals surface area contributed by atoms with Gasteiger partial charge in [-0.15, -0.1) is 6.58 Å². The lowest BCUT2D eigenvalue weighted by atomic mass is 9.85. The smallest absolute Gasteiger partial charge is 0.00130 e. The molecule has 14 heavy (non-hydrogen) atoms. The zero-order chi connectivity index (χ0) is 10.8. The van der Waals surface area contributed by atoms with Crippen LogP contribution < -0.4 is 0 Å². The van der Waals surface area contributed by atoms with Crippen LogP contribution in [0.4, 0.5) is 0 Å². The molecular weight excluding hydrogens is 168 g/mol. The first-order chi connectivity index (χ1) is 6.45. The van der Waals surface area contributed by atoms with E-state index in [1.54, 1.807) is 0 Å². The van der Waals surface area contributed by atoms with Crippen molar-refractivity contribution < 1.29 is 0 Å². The maximum absolute atomic E-state index is 3.83. The topological polar surface area (TPSA) is 0 Å². The molecule has 0 radical (unpaired) electrons. The van der Waals surface area contributed by atoms with E-state index in [4.69, 9.17) is 0 Å². The summed E-state index contributed by atoms with van der Waals surface area (Å²) >= 11 is 0. The number of hydrogen-bond donors (Lipinski definition) is 0. The Morgan fingerprint density at radius 2 is 1.93 bits per heavy atom. The van der Waals surface area contributed by atoms with Gasteiger partial charge in [-0.2, -0.15) is 0 Å². The summed E-state index contributed by atoms with van der Waals surface area (Å²) in [7, 11) is 0. The number of benzene rings is 1. The summed E-state index contributed by atoms with van der Waals surface area (Å²) < 4.78 is 0. The lowest BCUT2D eigenvalue weighted by Gasteiger charge is -2.20. The molecule has 0 nitrogen and oxygen atoms in total. The first-order valence-corrected chi connectivity index (χ1v) is 5.18. The molecule has 0 aromatic heterocycles. The maximum Gasteiger partial charge on any atom is -0.00130 e. The summed E-state index contributed by atoms with van der Waals surface area (Å²) in [6, 6.07) is 8.78. The third-order valence-corrected chi connectivity index (χ3v) is 2.63. The zero-order valence-electron chi connectivity index (χ0n) is 9.67. The molecule has 0 heterocycles. The van der Waals surface area contributed by atoms with Crippen molar-refractivity contribution in [2.24, 2.45) is 0 Å². The van der Waals surface area contributed by atoms with E-state index in [9.17, 15) is 0 Å². The van der Waals surface area contributed by atoms with Crippen molar-refractivity contribution in [2.45, 2.75) is 39.0 Å². The van der Waals surface area contributed by atoms with E-state index in [1.165, 1.54) is 11.1 Å². The molecule has 0 aliphatic heterocycles. The molecule has 1 atom stereocenters. The van der Waals surface area contributed by atoms with Crippen molar-refractivity contribution in [2.75, 3.05) is 0 Å². The molecule has 0 heteroatoms. The molecule has 1 rings (SSSR count). The standard InChI is InChI=1S/C14H20/c1-6-11(2)12-8-7-9-13(10-12)14(3,4)5/h6-11H,1H2,2-5H3. The van der Waals surface area contributed by atoms with Crippen molar-refractivity contribution in [1.82, 2.24) is 0 Å². The van der Waals surface area contributed by atoms with Crippen LogP contribution in [0, 0.1) is 0 Å². The average Bonchev–Trinajstić information content (AvgIpc) is 2.15. The van der Waals surface area contributed by atoms with Crippen LogP contribution in [0.1, 0.15) is 44.7 Å². The fourth-order valence-corrected chi connectivity index (χ4v) is 1.42. The second kappa shape index (κ2) is 4.00. The Morgan fingerprint density at radius 1 is 1.29 bits per heavy atom. The van der Waals surface area contributed by atoms with Gasteiger partial charge in [0.25, 0.3) is 0 Å². The first kappa shape index (κ1) is 11.0. The lowest BCUT2D eigenvalue weighted by molar-refractivity contribution is 0.589. The fraction of sp³-hybridized carbons (Fsp3) is 0.429. The van der Waals surface area contributed by atoms with E-state index in [1.807, 2.05) is 6.08 Å². The molecule has 0 saturated carbocycles. The molecule has 76 valence electrons. The van der Waals surface area contributed by atoms with Gasteiger partial charge in [-0.3, -0.25) is 0 Å². The molecule has 0 fully saturated rings. The third-order valence-electron chi connectivity index (χ3n) is 2.63. The van der Waals surface area contributed by atoms with E-state index in [0.717, 1.165) is 0 Å². The van der Waals surface area contributed by atoms with Crippen LogP contribution in [-0.2, 0) is 5.41 Å². The highest BCUT2D eigenvalue weighted by molar-refractivity contribution is 5.31. The highest BCUT2D eigenvalue weighted by Crippen LogP contribution is 2.25. The normalized spacial score (nSPS) is 13.7. The Hall–Kier alpha value is -1.04. The van der Waals surface area contributed by atoms with Crippen molar-refractivity contribution in [3.63, 3.8) is 0 Å². The molecule has 0 N–H and O–H groups in total. The summed E-state index contributed by atoms with van der Waals surface area (Å²) in [5.41, 5.74) is 2.98. The second-order valence-electron chi connectivity index (χ2n) is 4.90. The fourth-order valence-electron chi connectivity index (χ4n) is 1.42. The Kier molecular flexibility index (Phi) is 3.15. The Labute approximate surface area is 87.7 Å². The van der Waals surface area contributed by atoms with Gasteiger partial charge in [-0.1, -0.05) is 58.0 Å². The van der Waals surface area contributed by atoms with Gasteiger partial charge in [-0.25, -0.2) is 0 Å². The molecule has 0 saturated heterocycles. The first-order valence-electron chi connectivity index (χ1n) is 5.18. The molecule has 0 aliphatic carbocycles. The van der Waals surface area contributed by atoms with Gasteiger partial charge in [0.15, 0.2) is 0 Å². The summed E-state index contributed by atoms with van der Waals surface area (Å²) in [5, 5.41) is 0. The van der Waals surface area contributed by atoms with Crippen molar-refractivity contribution in [3.05, 3.63) is 48.0 Å². The van der Waals surface area contributed by atoms with Crippen molar-refractivity contribution >= 4 is 0 Å². The van der Waals surface area contributed by atoms with Crippen molar-refractivity contribution in [1.29, 1.82) is 0 Å². The van der Waals surface area contributed by atoms with Gasteiger partial charge >= 0.3 is 0 Å². The Bertz CT molecular complexity index is 315. The minimum atomic E-state index is 0.233. The van der Waals surface area contributed by atoms with E-state index >= 15 is 0 Å². The van der Waals surface area contributed by atoms with Crippen molar-refractivity contribution in [3.8, 4) is 0 Å². The van der Waals surface area contributed by atoms with E-state index in [2.05, 4.69) is 58.5 Å². The van der Waals surface area contributed by atoms with Gasteiger partial charge in [0, 0.05) is 0 Å². The monoisotopic (exact) mass is 188 g/mol.